The second-order valence-corrected chi connectivity index (χ2v) is 16.1. The van der Waals surface area contributed by atoms with Crippen LogP contribution in [0.5, 0.6) is 0 Å². The van der Waals surface area contributed by atoms with E-state index < -0.39 is 0 Å². The van der Waals surface area contributed by atoms with Crippen LogP contribution in [0.3, 0.4) is 0 Å². The number of benzene rings is 9. The molecule has 0 saturated heterocycles. The summed E-state index contributed by atoms with van der Waals surface area (Å²) in [5, 5.41) is 7.76. The summed E-state index contributed by atoms with van der Waals surface area (Å²) in [6.45, 7) is 4.40. The third-order valence-corrected chi connectivity index (χ3v) is 12.8. The van der Waals surface area contributed by atoms with Gasteiger partial charge in [0.2, 0.25) is 0 Å². The van der Waals surface area contributed by atoms with Gasteiger partial charge in [-0.3, -0.25) is 0 Å². The molecule has 57 heavy (non-hydrogen) atoms. The van der Waals surface area contributed by atoms with E-state index in [1.807, 2.05) is 11.3 Å². The summed E-state index contributed by atoms with van der Waals surface area (Å²) in [6.07, 6.45) is 0. The van der Waals surface area contributed by atoms with E-state index in [-0.39, 0.29) is 0 Å². The molecule has 0 aliphatic heterocycles. The smallest absolute Gasteiger partial charge is 0.0547 e. The molecule has 0 unspecified atom stereocenters. The van der Waals surface area contributed by atoms with E-state index >= 15 is 0 Å². The molecular formula is C54H38N2S. The SMILES string of the molecule is Cc1ccccc1-c1ccc(N(c2ccccc2)c2ccc(-c3ccc4c(c3)c3cc5ccc6sc7ccccc7c6c5cc3n4-c3ccccc3)cc2)cc1C. The molecule has 11 rings (SSSR count). The van der Waals surface area contributed by atoms with Crippen molar-refractivity contribution in [1.29, 1.82) is 0 Å². The Balaban J connectivity index is 1.04. The molecule has 0 spiro atoms. The summed E-state index contributed by atoms with van der Waals surface area (Å²) in [4.78, 5) is 2.36. The van der Waals surface area contributed by atoms with Crippen LogP contribution >= 0.6 is 11.3 Å². The molecule has 0 amide bonds. The molecule has 0 fully saturated rings. The molecule has 2 aromatic heterocycles. The Morgan fingerprint density at radius 2 is 1.07 bits per heavy atom. The van der Waals surface area contributed by atoms with Crippen molar-refractivity contribution in [1.82, 2.24) is 4.57 Å². The predicted molar refractivity (Wildman–Crippen MR) is 246 cm³/mol. The first kappa shape index (κ1) is 33.4. The normalized spacial score (nSPS) is 11.7. The van der Waals surface area contributed by atoms with Gasteiger partial charge in [0.1, 0.15) is 0 Å². The highest BCUT2D eigenvalue weighted by atomic mass is 32.1. The van der Waals surface area contributed by atoms with Crippen molar-refractivity contribution in [3.05, 3.63) is 205 Å². The van der Waals surface area contributed by atoms with E-state index in [9.17, 15) is 0 Å². The summed E-state index contributed by atoms with van der Waals surface area (Å²) in [6, 6.07) is 71.2. The number of aromatic nitrogens is 1. The Bertz CT molecular complexity index is 3300. The molecule has 9 aromatic carbocycles. The highest BCUT2D eigenvalue weighted by molar-refractivity contribution is 7.26. The van der Waals surface area contributed by atoms with Crippen LogP contribution in [-0.4, -0.2) is 4.57 Å². The van der Waals surface area contributed by atoms with Gasteiger partial charge in [-0.15, -0.1) is 11.3 Å². The van der Waals surface area contributed by atoms with E-state index in [1.54, 1.807) is 0 Å². The molecule has 0 aliphatic carbocycles. The number of rotatable bonds is 6. The summed E-state index contributed by atoms with van der Waals surface area (Å²) in [5.74, 6) is 0. The maximum absolute atomic E-state index is 2.44. The zero-order valence-electron chi connectivity index (χ0n) is 31.8. The molecule has 2 nitrogen and oxygen atoms in total. The largest absolute Gasteiger partial charge is 0.310 e. The van der Waals surface area contributed by atoms with Gasteiger partial charge in [-0.25, -0.2) is 0 Å². The number of para-hydroxylation sites is 2. The zero-order valence-corrected chi connectivity index (χ0v) is 32.6. The van der Waals surface area contributed by atoms with E-state index in [4.69, 9.17) is 0 Å². The van der Waals surface area contributed by atoms with Gasteiger partial charge in [-0.1, -0.05) is 109 Å². The van der Waals surface area contributed by atoms with Crippen LogP contribution in [0.4, 0.5) is 17.1 Å². The van der Waals surface area contributed by atoms with Crippen LogP contribution in [0.1, 0.15) is 11.1 Å². The van der Waals surface area contributed by atoms with Crippen LogP contribution in [0, 0.1) is 13.8 Å². The number of aryl methyl sites for hydroxylation is 2. The molecule has 0 saturated carbocycles. The van der Waals surface area contributed by atoms with Crippen molar-refractivity contribution in [2.45, 2.75) is 13.8 Å². The number of nitrogens with zero attached hydrogens (tertiary/aromatic N) is 2. The van der Waals surface area contributed by atoms with Crippen molar-refractivity contribution in [3.8, 4) is 27.9 Å². The molecule has 3 heteroatoms. The van der Waals surface area contributed by atoms with E-state index in [0.29, 0.717) is 0 Å². The monoisotopic (exact) mass is 746 g/mol. The summed E-state index contributed by atoms with van der Waals surface area (Å²) in [5.41, 5.74) is 14.5. The van der Waals surface area contributed by atoms with Crippen molar-refractivity contribution < 1.29 is 0 Å². The minimum Gasteiger partial charge on any atom is -0.310 e. The Kier molecular flexibility index (Phi) is 7.84. The Morgan fingerprint density at radius 3 is 1.88 bits per heavy atom. The lowest BCUT2D eigenvalue weighted by Gasteiger charge is -2.26. The van der Waals surface area contributed by atoms with E-state index in [1.165, 1.54) is 91.8 Å². The van der Waals surface area contributed by atoms with Gasteiger partial charge in [0.15, 0.2) is 0 Å². The quantitative estimate of drug-likeness (QED) is 0.164. The fourth-order valence-corrected chi connectivity index (χ4v) is 10.0. The van der Waals surface area contributed by atoms with Gasteiger partial charge in [0.25, 0.3) is 0 Å². The third-order valence-electron chi connectivity index (χ3n) is 11.6. The van der Waals surface area contributed by atoms with Crippen molar-refractivity contribution in [3.63, 3.8) is 0 Å². The Labute approximate surface area is 336 Å². The number of hydrogen-bond donors (Lipinski definition) is 0. The first-order chi connectivity index (χ1) is 28.1. The first-order valence-electron chi connectivity index (χ1n) is 19.6. The van der Waals surface area contributed by atoms with Gasteiger partial charge >= 0.3 is 0 Å². The van der Waals surface area contributed by atoms with Crippen LogP contribution in [0.15, 0.2) is 194 Å². The highest BCUT2D eigenvalue weighted by Gasteiger charge is 2.18. The second kappa shape index (κ2) is 13.4. The molecule has 270 valence electrons. The number of anilines is 3. The summed E-state index contributed by atoms with van der Waals surface area (Å²) >= 11 is 1.88. The lowest BCUT2D eigenvalue weighted by molar-refractivity contribution is 1.18. The van der Waals surface area contributed by atoms with E-state index in [0.717, 1.165) is 17.1 Å². The Hall–Kier alpha value is -6.94. The molecule has 2 heterocycles. The van der Waals surface area contributed by atoms with Crippen LogP contribution < -0.4 is 4.90 Å². The molecule has 0 aliphatic rings. The molecule has 0 bridgehead atoms. The van der Waals surface area contributed by atoms with Gasteiger partial charge < -0.3 is 9.47 Å². The summed E-state index contributed by atoms with van der Waals surface area (Å²) < 4.78 is 5.10. The summed E-state index contributed by atoms with van der Waals surface area (Å²) in [7, 11) is 0. The van der Waals surface area contributed by atoms with Crippen molar-refractivity contribution >= 4 is 81.1 Å². The van der Waals surface area contributed by atoms with Gasteiger partial charge in [0.05, 0.1) is 11.0 Å². The number of thiophene rings is 1. The van der Waals surface area contributed by atoms with Crippen LogP contribution in [0.2, 0.25) is 0 Å². The van der Waals surface area contributed by atoms with Gasteiger partial charge in [0, 0.05) is 53.7 Å². The maximum Gasteiger partial charge on any atom is 0.0547 e. The number of fused-ring (bicyclic) bond motifs is 8. The maximum atomic E-state index is 2.44. The molecular weight excluding hydrogens is 709 g/mol. The average molecular weight is 747 g/mol. The molecule has 0 radical (unpaired) electrons. The molecule has 0 atom stereocenters. The first-order valence-corrected chi connectivity index (χ1v) is 20.4. The van der Waals surface area contributed by atoms with E-state index in [2.05, 4.69) is 217 Å². The van der Waals surface area contributed by atoms with Crippen molar-refractivity contribution in [2.75, 3.05) is 4.90 Å². The second-order valence-electron chi connectivity index (χ2n) is 15.1. The minimum absolute atomic E-state index is 1.12. The van der Waals surface area contributed by atoms with Crippen LogP contribution in [0.25, 0.3) is 80.7 Å². The van der Waals surface area contributed by atoms with Gasteiger partial charge in [-0.05, 0) is 143 Å². The fourth-order valence-electron chi connectivity index (χ4n) is 8.89. The third kappa shape index (κ3) is 5.54. The highest BCUT2D eigenvalue weighted by Crippen LogP contribution is 2.43. The lowest BCUT2D eigenvalue weighted by atomic mass is 9.96. The van der Waals surface area contributed by atoms with Gasteiger partial charge in [-0.2, -0.15) is 0 Å². The average Bonchev–Trinajstić information content (AvgIpc) is 3.80. The molecule has 0 N–H and O–H groups in total. The Morgan fingerprint density at radius 1 is 0.404 bits per heavy atom. The standard InChI is InChI=1S/C54H38N2S/c1-35-13-9-10-18-44(35)45-28-27-43(31-36(45)2)55(40-14-5-3-6-15-40)42-25-21-37(22-26-42)38-23-29-50-48(32-38)49-33-39-24-30-53-54(46-19-11-12-20-52(46)57-53)47(39)34-51(49)56(50)41-16-7-4-8-17-41/h3-34H,1-2H3. The fraction of sp³-hybridized carbons (Fsp3) is 0.0370. The predicted octanol–water partition coefficient (Wildman–Crippen LogP) is 15.7. The zero-order chi connectivity index (χ0) is 38.0. The lowest BCUT2D eigenvalue weighted by Crippen LogP contribution is -2.10. The number of hydrogen-bond acceptors (Lipinski definition) is 2. The molecule has 11 aromatic rings. The van der Waals surface area contributed by atoms with Crippen LogP contribution in [-0.2, 0) is 0 Å². The minimum atomic E-state index is 1.12. The van der Waals surface area contributed by atoms with Crippen molar-refractivity contribution in [2.24, 2.45) is 0 Å². The topological polar surface area (TPSA) is 8.17 Å².